The van der Waals surface area contributed by atoms with Crippen molar-refractivity contribution in [3.63, 3.8) is 0 Å². The molecule has 0 unspecified atom stereocenters. The van der Waals surface area contributed by atoms with Gasteiger partial charge < -0.3 is 5.11 Å². The third-order valence-corrected chi connectivity index (χ3v) is 8.69. The summed E-state index contributed by atoms with van der Waals surface area (Å²) in [5, 5.41) is 15.0. The number of hydrazone groups is 1. The number of rotatable bonds is 3. The van der Waals surface area contributed by atoms with Crippen LogP contribution in [0.15, 0.2) is 47.3 Å². The third-order valence-electron chi connectivity index (χ3n) is 8.69. The highest BCUT2D eigenvalue weighted by molar-refractivity contribution is 5.97. The summed E-state index contributed by atoms with van der Waals surface area (Å²) in [5.74, 6) is 2.86. The van der Waals surface area contributed by atoms with Crippen molar-refractivity contribution in [1.29, 1.82) is 0 Å². The summed E-state index contributed by atoms with van der Waals surface area (Å²) in [7, 11) is 0. The molecule has 30 heavy (non-hydrogen) atoms. The molecule has 3 saturated carbocycles. The number of carbonyl (C=O) groups excluding carboxylic acids is 1. The van der Waals surface area contributed by atoms with Crippen LogP contribution in [0.3, 0.4) is 0 Å². The topological polar surface area (TPSA) is 65.6 Å². The Morgan fingerprint density at radius 1 is 1.13 bits per heavy atom. The molecule has 4 aliphatic rings. The summed E-state index contributed by atoms with van der Waals surface area (Å²) < 4.78 is 1.85. The molecule has 0 aromatic carbocycles. The van der Waals surface area contributed by atoms with Gasteiger partial charge in [-0.1, -0.05) is 18.6 Å². The number of amides is 1. The molecule has 3 fully saturated rings. The van der Waals surface area contributed by atoms with Crippen molar-refractivity contribution in [2.24, 2.45) is 34.2 Å². The number of pyridine rings is 1. The Morgan fingerprint density at radius 2 is 1.97 bits per heavy atom. The number of nitrogens with zero attached hydrogens (tertiary/aromatic N) is 2. The maximum atomic E-state index is 12.2. The molecule has 0 saturated heterocycles. The molecular formula is C25H34N3O2+. The second-order valence-corrected chi connectivity index (χ2v) is 10.2. The molecule has 1 heterocycles. The Labute approximate surface area is 179 Å². The monoisotopic (exact) mass is 408 g/mol. The van der Waals surface area contributed by atoms with Crippen LogP contribution in [0.25, 0.3) is 0 Å². The second-order valence-electron chi connectivity index (χ2n) is 10.2. The van der Waals surface area contributed by atoms with Crippen LogP contribution in [0.1, 0.15) is 58.3 Å². The Balaban J connectivity index is 1.24. The maximum Gasteiger partial charge on any atom is 0.305 e. The molecule has 1 aromatic heterocycles. The lowest BCUT2D eigenvalue weighted by Gasteiger charge is -2.53. The van der Waals surface area contributed by atoms with E-state index >= 15 is 0 Å². The average Bonchev–Trinajstić information content (AvgIpc) is 3.07. The minimum Gasteiger partial charge on any atom is -0.393 e. The lowest BCUT2D eigenvalue weighted by Crippen LogP contribution is -2.47. The summed E-state index contributed by atoms with van der Waals surface area (Å²) >= 11 is 0. The first-order valence-corrected chi connectivity index (χ1v) is 11.7. The van der Waals surface area contributed by atoms with Crippen molar-refractivity contribution in [3.05, 3.63) is 42.2 Å². The van der Waals surface area contributed by atoms with Crippen LogP contribution in [-0.4, -0.2) is 22.8 Å². The number of fused-ring (bicyclic) bond motifs is 5. The van der Waals surface area contributed by atoms with Gasteiger partial charge in [0, 0.05) is 12.1 Å². The van der Waals surface area contributed by atoms with E-state index in [4.69, 9.17) is 0 Å². The molecule has 0 spiro atoms. The fourth-order valence-corrected chi connectivity index (χ4v) is 7.13. The average molecular weight is 409 g/mol. The highest BCUT2D eigenvalue weighted by Gasteiger charge is 2.55. The minimum atomic E-state index is -0.0943. The van der Waals surface area contributed by atoms with E-state index in [9.17, 15) is 9.90 Å². The van der Waals surface area contributed by atoms with Crippen LogP contribution in [-0.2, 0) is 11.3 Å². The molecule has 0 radical (unpaired) electrons. The second kappa shape index (κ2) is 7.92. The van der Waals surface area contributed by atoms with Gasteiger partial charge in [-0.3, -0.25) is 4.79 Å². The third kappa shape index (κ3) is 3.51. The lowest BCUT2D eigenvalue weighted by molar-refractivity contribution is -0.684. The molecular weight excluding hydrogens is 374 g/mol. The van der Waals surface area contributed by atoms with Crippen LogP contribution >= 0.6 is 0 Å². The maximum absolute atomic E-state index is 12.2. The molecule has 5 rings (SSSR count). The van der Waals surface area contributed by atoms with E-state index < -0.39 is 0 Å². The van der Waals surface area contributed by atoms with Gasteiger partial charge in [0.15, 0.2) is 12.4 Å². The van der Waals surface area contributed by atoms with Crippen LogP contribution in [0.5, 0.6) is 0 Å². The van der Waals surface area contributed by atoms with Crippen LogP contribution in [0.2, 0.25) is 0 Å². The highest BCUT2D eigenvalue weighted by Crippen LogP contribution is 2.61. The molecule has 2 N–H and O–H groups in total. The number of aromatic nitrogens is 1. The number of nitrogens with one attached hydrogen (secondary N) is 1. The highest BCUT2D eigenvalue weighted by atomic mass is 16.3. The van der Waals surface area contributed by atoms with Crippen molar-refractivity contribution in [2.45, 2.75) is 70.9 Å². The minimum absolute atomic E-state index is 0.0886. The quantitative estimate of drug-likeness (QED) is 0.595. The van der Waals surface area contributed by atoms with Crippen molar-refractivity contribution < 1.29 is 14.5 Å². The van der Waals surface area contributed by atoms with Crippen LogP contribution < -0.4 is 9.99 Å². The van der Waals surface area contributed by atoms with Gasteiger partial charge in [-0.15, -0.1) is 0 Å². The van der Waals surface area contributed by atoms with E-state index in [0.29, 0.717) is 11.8 Å². The van der Waals surface area contributed by atoms with Gasteiger partial charge >= 0.3 is 5.91 Å². The summed E-state index contributed by atoms with van der Waals surface area (Å²) in [6.45, 7) is 2.63. The normalized spacial score (nSPS) is 38.9. The van der Waals surface area contributed by atoms with Gasteiger partial charge in [-0.2, -0.15) is 9.67 Å². The number of hydrogen-bond donors (Lipinski definition) is 2. The first kappa shape index (κ1) is 19.9. The fraction of sp³-hybridized carbons (Fsp3) is 0.640. The summed E-state index contributed by atoms with van der Waals surface area (Å²) in [4.78, 5) is 12.2. The number of hydrogen-bond acceptors (Lipinski definition) is 3. The largest absolute Gasteiger partial charge is 0.393 e. The summed E-state index contributed by atoms with van der Waals surface area (Å²) in [6, 6.07) is 5.78. The SMILES string of the molecule is C[C@]12CC[C@H]3[C@@H](CCC4=C/C(=N\NC(=O)C[n+]5ccccc5)CC[C@@H]43)[C@@H]1CC[C@@H]2O. The standard InChI is InChI=1S/C25H33N3O2/c1-25-12-11-20-19-8-6-18(26-27-24(30)16-28-13-3-2-4-14-28)15-17(19)5-7-21(20)22(25)9-10-23(25)29/h2-4,13-15,19-23,29H,5-12,16H2,1H3/p+1/b26-18-/t19-,20+,21+,22-,23-,25-/m0/s1. The van der Waals surface area contributed by atoms with Crippen molar-refractivity contribution in [2.75, 3.05) is 0 Å². The van der Waals surface area contributed by atoms with Gasteiger partial charge in [-0.05, 0) is 86.5 Å². The van der Waals surface area contributed by atoms with E-state index in [-0.39, 0.29) is 24.0 Å². The van der Waals surface area contributed by atoms with Gasteiger partial charge in [-0.25, -0.2) is 5.43 Å². The molecule has 6 atom stereocenters. The summed E-state index contributed by atoms with van der Waals surface area (Å²) in [6.07, 6.45) is 15.1. The van der Waals surface area contributed by atoms with Crippen molar-refractivity contribution >= 4 is 11.6 Å². The van der Waals surface area contributed by atoms with Gasteiger partial charge in [0.1, 0.15) is 0 Å². The molecule has 0 aliphatic heterocycles. The van der Waals surface area contributed by atoms with Gasteiger partial charge in [0.25, 0.3) is 0 Å². The Hall–Kier alpha value is -2.01. The van der Waals surface area contributed by atoms with E-state index in [1.165, 1.54) is 25.7 Å². The Bertz CT molecular complexity index is 864. The van der Waals surface area contributed by atoms with E-state index in [0.717, 1.165) is 43.2 Å². The zero-order valence-electron chi connectivity index (χ0n) is 18.0. The number of aliphatic hydroxyl groups is 1. The Kier molecular flexibility index (Phi) is 5.26. The predicted molar refractivity (Wildman–Crippen MR) is 115 cm³/mol. The number of aliphatic hydroxyl groups excluding tert-OH is 1. The van der Waals surface area contributed by atoms with E-state index in [2.05, 4.69) is 23.5 Å². The van der Waals surface area contributed by atoms with Crippen molar-refractivity contribution in [1.82, 2.24) is 5.43 Å². The van der Waals surface area contributed by atoms with Crippen LogP contribution in [0, 0.1) is 29.1 Å². The molecule has 0 bridgehead atoms. The van der Waals surface area contributed by atoms with Gasteiger partial charge in [0.2, 0.25) is 6.54 Å². The Morgan fingerprint density at radius 3 is 2.80 bits per heavy atom. The molecule has 5 heteroatoms. The smallest absolute Gasteiger partial charge is 0.305 e. The lowest BCUT2D eigenvalue weighted by atomic mass is 9.52. The molecule has 1 amide bonds. The van der Waals surface area contributed by atoms with Crippen molar-refractivity contribution in [3.8, 4) is 0 Å². The zero-order chi connectivity index (χ0) is 20.7. The first-order chi connectivity index (χ1) is 14.5. The van der Waals surface area contributed by atoms with E-state index in [1.807, 2.05) is 35.2 Å². The van der Waals surface area contributed by atoms with Crippen LogP contribution in [0.4, 0.5) is 0 Å². The summed E-state index contributed by atoms with van der Waals surface area (Å²) in [5.41, 5.74) is 5.47. The number of allylic oxidation sites excluding steroid dienone is 2. The van der Waals surface area contributed by atoms with E-state index in [1.54, 1.807) is 5.57 Å². The fourth-order valence-electron chi connectivity index (χ4n) is 7.13. The molecule has 4 aliphatic carbocycles. The molecule has 5 nitrogen and oxygen atoms in total. The first-order valence-electron chi connectivity index (χ1n) is 11.7. The zero-order valence-corrected chi connectivity index (χ0v) is 18.0. The molecule has 160 valence electrons. The molecule has 1 aromatic rings. The predicted octanol–water partition coefficient (Wildman–Crippen LogP) is 3.38. The number of carbonyl (C=O) groups is 1. The van der Waals surface area contributed by atoms with Gasteiger partial charge in [0.05, 0.1) is 11.8 Å².